The monoisotopic (exact) mass is 323 g/mol. The van der Waals surface area contributed by atoms with Crippen molar-refractivity contribution in [1.29, 1.82) is 0 Å². The van der Waals surface area contributed by atoms with E-state index in [2.05, 4.69) is 15.2 Å². The molecule has 0 bridgehead atoms. The SMILES string of the molecule is O=c1[nH][nH]c(=O)c2c(-c3ccccc3)c3cc(Cl)ccc3nc12. The van der Waals surface area contributed by atoms with E-state index in [0.29, 0.717) is 16.1 Å². The second kappa shape index (κ2) is 5.07. The third kappa shape index (κ3) is 2.13. The highest BCUT2D eigenvalue weighted by Gasteiger charge is 2.16. The summed E-state index contributed by atoms with van der Waals surface area (Å²) in [5, 5.41) is 6.21. The van der Waals surface area contributed by atoms with Gasteiger partial charge in [-0.2, -0.15) is 0 Å². The van der Waals surface area contributed by atoms with Gasteiger partial charge in [0.2, 0.25) is 0 Å². The zero-order valence-electron chi connectivity index (χ0n) is 11.8. The van der Waals surface area contributed by atoms with Gasteiger partial charge in [-0.25, -0.2) is 4.98 Å². The van der Waals surface area contributed by atoms with Crippen molar-refractivity contribution in [2.45, 2.75) is 0 Å². The minimum Gasteiger partial charge on any atom is -0.267 e. The fraction of sp³-hybridized carbons (Fsp3) is 0. The lowest BCUT2D eigenvalue weighted by atomic mass is 9.97. The molecule has 2 N–H and O–H groups in total. The predicted molar refractivity (Wildman–Crippen MR) is 90.9 cm³/mol. The minimum absolute atomic E-state index is 0.113. The number of benzene rings is 2. The van der Waals surface area contributed by atoms with E-state index < -0.39 is 11.1 Å². The zero-order chi connectivity index (χ0) is 16.0. The Labute approximate surface area is 134 Å². The summed E-state index contributed by atoms with van der Waals surface area (Å²) in [6.45, 7) is 0. The Morgan fingerprint density at radius 2 is 1.65 bits per heavy atom. The van der Waals surface area contributed by atoms with Gasteiger partial charge in [-0.1, -0.05) is 41.9 Å². The lowest BCUT2D eigenvalue weighted by Gasteiger charge is -2.10. The van der Waals surface area contributed by atoms with E-state index >= 15 is 0 Å². The molecule has 0 aliphatic heterocycles. The van der Waals surface area contributed by atoms with Crippen LogP contribution in [0, 0.1) is 0 Å². The van der Waals surface area contributed by atoms with Crippen molar-refractivity contribution in [1.82, 2.24) is 15.2 Å². The Hall–Kier alpha value is -2.92. The van der Waals surface area contributed by atoms with Gasteiger partial charge in [-0.05, 0) is 23.8 Å². The first-order valence-electron chi connectivity index (χ1n) is 6.94. The molecule has 0 saturated carbocycles. The first-order valence-corrected chi connectivity index (χ1v) is 7.32. The maximum atomic E-state index is 12.4. The summed E-state index contributed by atoms with van der Waals surface area (Å²) in [5.41, 5.74) is 1.37. The van der Waals surface area contributed by atoms with Crippen LogP contribution in [0.1, 0.15) is 0 Å². The fourth-order valence-corrected chi connectivity index (χ4v) is 2.93. The highest BCUT2D eigenvalue weighted by atomic mass is 35.5. The maximum Gasteiger partial charge on any atom is 0.289 e. The van der Waals surface area contributed by atoms with E-state index in [4.69, 9.17) is 11.6 Å². The van der Waals surface area contributed by atoms with Crippen LogP contribution in [0.5, 0.6) is 0 Å². The summed E-state index contributed by atoms with van der Waals surface area (Å²) in [5.74, 6) is 0. The number of fused-ring (bicyclic) bond motifs is 2. The molecule has 6 heteroatoms. The number of aromatic amines is 2. The van der Waals surface area contributed by atoms with Crippen molar-refractivity contribution in [3.8, 4) is 11.1 Å². The molecule has 2 heterocycles. The van der Waals surface area contributed by atoms with Crippen LogP contribution < -0.4 is 11.1 Å². The Kier molecular flexibility index (Phi) is 3.02. The van der Waals surface area contributed by atoms with E-state index in [1.807, 2.05) is 30.3 Å². The van der Waals surface area contributed by atoms with Gasteiger partial charge in [0.15, 0.2) is 0 Å². The number of nitrogens with one attached hydrogen (secondary N) is 2. The van der Waals surface area contributed by atoms with Crippen LogP contribution in [-0.4, -0.2) is 15.2 Å². The molecule has 0 unspecified atom stereocenters. The summed E-state index contributed by atoms with van der Waals surface area (Å²) in [4.78, 5) is 28.8. The number of nitrogens with zero attached hydrogens (tertiary/aromatic N) is 1. The molecule has 0 saturated heterocycles. The van der Waals surface area contributed by atoms with E-state index in [9.17, 15) is 9.59 Å². The number of pyridine rings is 1. The van der Waals surface area contributed by atoms with Gasteiger partial charge in [0.05, 0.1) is 10.9 Å². The third-order valence-corrected chi connectivity index (χ3v) is 3.98. The van der Waals surface area contributed by atoms with Crippen molar-refractivity contribution in [3.63, 3.8) is 0 Å². The Morgan fingerprint density at radius 3 is 2.43 bits per heavy atom. The summed E-state index contributed by atoms with van der Waals surface area (Å²) in [7, 11) is 0. The van der Waals surface area contributed by atoms with Crippen molar-refractivity contribution in [2.24, 2.45) is 0 Å². The van der Waals surface area contributed by atoms with Crippen LogP contribution in [0.4, 0.5) is 0 Å². The van der Waals surface area contributed by atoms with E-state index in [1.165, 1.54) is 0 Å². The van der Waals surface area contributed by atoms with Gasteiger partial charge >= 0.3 is 0 Å². The standard InChI is InChI=1S/C17H10ClN3O2/c18-10-6-7-12-11(8-10)13(9-4-2-1-3-5-9)14-15(19-12)17(23)21-20-16(14)22/h1-8H,(H,20,22)(H,21,23). The average molecular weight is 324 g/mol. The topological polar surface area (TPSA) is 78.6 Å². The smallest absolute Gasteiger partial charge is 0.267 e. The van der Waals surface area contributed by atoms with Crippen LogP contribution in [0.15, 0.2) is 58.1 Å². The Bertz CT molecular complexity index is 1160. The van der Waals surface area contributed by atoms with E-state index in [-0.39, 0.29) is 10.9 Å². The van der Waals surface area contributed by atoms with Gasteiger partial charge in [-0.3, -0.25) is 19.8 Å². The van der Waals surface area contributed by atoms with Gasteiger partial charge in [-0.15, -0.1) is 0 Å². The fourth-order valence-electron chi connectivity index (χ4n) is 2.76. The average Bonchev–Trinajstić information content (AvgIpc) is 2.57. The highest BCUT2D eigenvalue weighted by Crippen LogP contribution is 2.33. The first kappa shape index (κ1) is 13.7. The quantitative estimate of drug-likeness (QED) is 0.528. The molecular formula is C17H10ClN3O2. The molecule has 0 radical (unpaired) electrons. The van der Waals surface area contributed by atoms with E-state index in [1.54, 1.807) is 18.2 Å². The molecule has 0 aliphatic carbocycles. The zero-order valence-corrected chi connectivity index (χ0v) is 12.5. The Balaban J connectivity index is 2.35. The number of halogens is 1. The summed E-state index contributed by atoms with van der Waals surface area (Å²) in [6, 6.07) is 14.6. The predicted octanol–water partition coefficient (Wildman–Crippen LogP) is 3.09. The molecule has 0 atom stereocenters. The molecule has 2 aromatic heterocycles. The lowest BCUT2D eigenvalue weighted by Crippen LogP contribution is -2.20. The second-order valence-electron chi connectivity index (χ2n) is 5.15. The van der Waals surface area contributed by atoms with Crippen LogP contribution in [-0.2, 0) is 0 Å². The van der Waals surface area contributed by atoms with Crippen LogP contribution in [0.25, 0.3) is 32.9 Å². The summed E-state index contributed by atoms with van der Waals surface area (Å²) >= 11 is 6.12. The van der Waals surface area contributed by atoms with Crippen molar-refractivity contribution >= 4 is 33.4 Å². The molecule has 112 valence electrons. The lowest BCUT2D eigenvalue weighted by molar-refractivity contribution is 0.972. The number of rotatable bonds is 1. The number of aromatic nitrogens is 3. The van der Waals surface area contributed by atoms with Gasteiger partial charge in [0.25, 0.3) is 11.1 Å². The second-order valence-corrected chi connectivity index (χ2v) is 5.58. The first-order chi connectivity index (χ1) is 11.1. The molecule has 0 aliphatic rings. The molecule has 0 spiro atoms. The van der Waals surface area contributed by atoms with Crippen LogP contribution >= 0.6 is 11.6 Å². The largest absolute Gasteiger partial charge is 0.289 e. The normalized spacial score (nSPS) is 11.2. The molecular weight excluding hydrogens is 314 g/mol. The molecule has 4 aromatic rings. The maximum absolute atomic E-state index is 12.4. The Morgan fingerprint density at radius 1 is 0.913 bits per heavy atom. The molecule has 0 amide bonds. The summed E-state index contributed by atoms with van der Waals surface area (Å²) in [6.07, 6.45) is 0. The van der Waals surface area contributed by atoms with Crippen molar-refractivity contribution < 1.29 is 0 Å². The number of hydrogen-bond acceptors (Lipinski definition) is 3. The molecule has 23 heavy (non-hydrogen) atoms. The van der Waals surface area contributed by atoms with Crippen molar-refractivity contribution in [2.75, 3.05) is 0 Å². The third-order valence-electron chi connectivity index (χ3n) is 3.74. The minimum atomic E-state index is -0.436. The molecule has 0 fully saturated rings. The molecule has 5 nitrogen and oxygen atoms in total. The van der Waals surface area contributed by atoms with Gasteiger partial charge < -0.3 is 0 Å². The van der Waals surface area contributed by atoms with E-state index in [0.717, 1.165) is 10.9 Å². The number of H-pyrrole nitrogens is 2. The summed E-state index contributed by atoms with van der Waals surface area (Å²) < 4.78 is 0. The molecule has 4 rings (SSSR count). The van der Waals surface area contributed by atoms with Gasteiger partial charge in [0.1, 0.15) is 5.52 Å². The van der Waals surface area contributed by atoms with Crippen molar-refractivity contribution in [3.05, 3.63) is 74.3 Å². The molecule has 2 aromatic carbocycles. The van der Waals surface area contributed by atoms with Crippen LogP contribution in [0.3, 0.4) is 0 Å². The highest BCUT2D eigenvalue weighted by molar-refractivity contribution is 6.31. The number of hydrogen-bond donors (Lipinski definition) is 2. The van der Waals surface area contributed by atoms with Gasteiger partial charge in [0, 0.05) is 16.0 Å². The van der Waals surface area contributed by atoms with Crippen LogP contribution in [0.2, 0.25) is 5.02 Å².